The Balaban J connectivity index is 0.00000274. The minimum absolute atomic E-state index is 0. The third-order valence-corrected chi connectivity index (χ3v) is 6.03. The van der Waals surface area contributed by atoms with Crippen molar-refractivity contribution >= 4 is 35.6 Å². The molecule has 1 fully saturated rings. The summed E-state index contributed by atoms with van der Waals surface area (Å²) >= 11 is 0. The summed E-state index contributed by atoms with van der Waals surface area (Å²) in [4.78, 5) is 23.6. The highest BCUT2D eigenvalue weighted by Crippen LogP contribution is 2.27. The number of carbonyl (C=O) groups is 1. The second-order valence-electron chi connectivity index (χ2n) is 8.31. The second-order valence-corrected chi connectivity index (χ2v) is 8.31. The molecule has 4 heterocycles. The fourth-order valence-electron chi connectivity index (χ4n) is 4.33. The average Bonchev–Trinajstić information content (AvgIpc) is 3.28. The molecule has 0 aliphatic carbocycles. The normalized spacial score (nSPS) is 13.4. The molecule has 2 amide bonds. The number of hydrogen-bond donors (Lipinski definition) is 2. The maximum Gasteiger partial charge on any atom is 0.319 e. The number of carbonyl (C=O) groups excluding carboxylic acids is 1. The van der Waals surface area contributed by atoms with Gasteiger partial charge in [-0.2, -0.15) is 0 Å². The van der Waals surface area contributed by atoms with Crippen LogP contribution in [0.2, 0.25) is 0 Å². The third kappa shape index (κ3) is 4.99. The number of halogens is 1. The molecule has 0 saturated carbocycles. The Hall–Kier alpha value is -3.58. The minimum Gasteiger partial charge on any atom is -0.357 e. The van der Waals surface area contributed by atoms with Crippen LogP contribution < -0.4 is 15.5 Å². The van der Waals surface area contributed by atoms with E-state index < -0.39 is 0 Å². The quantitative estimate of drug-likeness (QED) is 0.392. The van der Waals surface area contributed by atoms with Gasteiger partial charge in [-0.1, -0.05) is 12.1 Å². The molecule has 0 spiro atoms. The van der Waals surface area contributed by atoms with Gasteiger partial charge in [0, 0.05) is 48.8 Å². The first-order valence-corrected chi connectivity index (χ1v) is 11.5. The molecule has 2 N–H and O–H groups in total. The molecular formula is C26H29ClN6O. The molecule has 34 heavy (non-hydrogen) atoms. The number of aromatic nitrogens is 3. The van der Waals surface area contributed by atoms with E-state index >= 15 is 0 Å². The number of fused-ring (bicyclic) bond motifs is 1. The van der Waals surface area contributed by atoms with Gasteiger partial charge in [-0.05, 0) is 68.1 Å². The van der Waals surface area contributed by atoms with Crippen molar-refractivity contribution in [1.29, 1.82) is 0 Å². The SMILES string of the molecule is CCNC(=O)Nc1cccc(-c2cnc3cc(-c4ccc(N5CCCCC5)nc4)ccn23)c1.Cl. The first-order chi connectivity index (χ1) is 16.2. The first kappa shape index (κ1) is 23.6. The maximum atomic E-state index is 11.9. The van der Waals surface area contributed by atoms with Crippen LogP contribution in [0.1, 0.15) is 26.2 Å². The molecule has 176 valence electrons. The Bertz CT molecular complexity index is 1260. The highest BCUT2D eigenvalue weighted by molar-refractivity contribution is 5.90. The number of rotatable bonds is 5. The van der Waals surface area contributed by atoms with Crippen LogP contribution in [-0.4, -0.2) is 40.0 Å². The smallest absolute Gasteiger partial charge is 0.319 e. The zero-order valence-corrected chi connectivity index (χ0v) is 20.0. The van der Waals surface area contributed by atoms with Gasteiger partial charge in [-0.15, -0.1) is 12.4 Å². The van der Waals surface area contributed by atoms with Crippen LogP contribution >= 0.6 is 12.4 Å². The number of imidazole rings is 1. The van der Waals surface area contributed by atoms with Crippen LogP contribution in [0.15, 0.2) is 67.1 Å². The molecule has 1 aliphatic heterocycles. The van der Waals surface area contributed by atoms with E-state index in [1.807, 2.05) is 49.8 Å². The van der Waals surface area contributed by atoms with Crippen LogP contribution in [0.3, 0.4) is 0 Å². The number of nitrogens with zero attached hydrogens (tertiary/aromatic N) is 4. The van der Waals surface area contributed by atoms with Crippen molar-refractivity contribution in [2.24, 2.45) is 0 Å². The highest BCUT2D eigenvalue weighted by atomic mass is 35.5. The Morgan fingerprint density at radius 2 is 1.79 bits per heavy atom. The Morgan fingerprint density at radius 3 is 2.56 bits per heavy atom. The Morgan fingerprint density at radius 1 is 0.941 bits per heavy atom. The Kier molecular flexibility index (Phi) is 7.33. The van der Waals surface area contributed by atoms with E-state index in [1.54, 1.807) is 0 Å². The van der Waals surface area contributed by atoms with Crippen molar-refractivity contribution in [3.8, 4) is 22.4 Å². The maximum absolute atomic E-state index is 11.9. The summed E-state index contributed by atoms with van der Waals surface area (Å²) in [6.45, 7) is 4.66. The van der Waals surface area contributed by atoms with E-state index in [4.69, 9.17) is 4.98 Å². The molecule has 1 aliphatic rings. The summed E-state index contributed by atoms with van der Waals surface area (Å²) in [6.07, 6.45) is 9.66. The molecule has 4 aromatic rings. The summed E-state index contributed by atoms with van der Waals surface area (Å²) in [5.74, 6) is 1.06. The van der Waals surface area contributed by atoms with Crippen LogP contribution in [0.4, 0.5) is 16.3 Å². The van der Waals surface area contributed by atoms with E-state index in [2.05, 4.69) is 49.2 Å². The van der Waals surface area contributed by atoms with Crippen LogP contribution in [0, 0.1) is 0 Å². The van der Waals surface area contributed by atoms with Crippen LogP contribution in [0.25, 0.3) is 28.0 Å². The lowest BCUT2D eigenvalue weighted by atomic mass is 10.1. The minimum atomic E-state index is -0.211. The lowest BCUT2D eigenvalue weighted by molar-refractivity contribution is 0.252. The Labute approximate surface area is 205 Å². The lowest BCUT2D eigenvalue weighted by Gasteiger charge is -2.27. The summed E-state index contributed by atoms with van der Waals surface area (Å²) in [5, 5.41) is 5.61. The summed E-state index contributed by atoms with van der Waals surface area (Å²) in [6, 6.07) is 16.0. The molecule has 3 aromatic heterocycles. The van der Waals surface area contributed by atoms with Crippen molar-refractivity contribution in [3.63, 3.8) is 0 Å². The van der Waals surface area contributed by atoms with E-state index in [9.17, 15) is 4.79 Å². The largest absolute Gasteiger partial charge is 0.357 e. The van der Waals surface area contributed by atoms with E-state index in [0.29, 0.717) is 6.54 Å². The molecular weight excluding hydrogens is 448 g/mol. The lowest BCUT2D eigenvalue weighted by Crippen LogP contribution is -2.29. The van der Waals surface area contributed by atoms with Gasteiger partial charge in [0.05, 0.1) is 11.9 Å². The zero-order chi connectivity index (χ0) is 22.6. The molecule has 8 heteroatoms. The molecule has 0 radical (unpaired) electrons. The number of anilines is 2. The van der Waals surface area contributed by atoms with Gasteiger partial charge in [0.1, 0.15) is 11.5 Å². The van der Waals surface area contributed by atoms with Gasteiger partial charge < -0.3 is 15.5 Å². The van der Waals surface area contributed by atoms with Crippen LogP contribution in [0.5, 0.6) is 0 Å². The molecule has 1 aromatic carbocycles. The summed E-state index contributed by atoms with van der Waals surface area (Å²) < 4.78 is 2.06. The highest BCUT2D eigenvalue weighted by Gasteiger charge is 2.13. The molecule has 5 rings (SSSR count). The van der Waals surface area contributed by atoms with E-state index in [-0.39, 0.29) is 18.4 Å². The van der Waals surface area contributed by atoms with Crippen LogP contribution in [-0.2, 0) is 0 Å². The number of nitrogens with one attached hydrogen (secondary N) is 2. The van der Waals surface area contributed by atoms with Gasteiger partial charge in [0.25, 0.3) is 0 Å². The number of piperidine rings is 1. The number of amides is 2. The fourth-order valence-corrected chi connectivity index (χ4v) is 4.33. The summed E-state index contributed by atoms with van der Waals surface area (Å²) in [7, 11) is 0. The summed E-state index contributed by atoms with van der Waals surface area (Å²) in [5.41, 5.74) is 5.72. The number of hydrogen-bond acceptors (Lipinski definition) is 4. The topological polar surface area (TPSA) is 74.6 Å². The number of pyridine rings is 2. The van der Waals surface area contributed by atoms with E-state index in [0.717, 1.165) is 52.6 Å². The van der Waals surface area contributed by atoms with Crippen molar-refractivity contribution in [3.05, 3.63) is 67.1 Å². The number of benzene rings is 1. The number of urea groups is 1. The average molecular weight is 477 g/mol. The monoisotopic (exact) mass is 476 g/mol. The molecule has 7 nitrogen and oxygen atoms in total. The predicted octanol–water partition coefficient (Wildman–Crippen LogP) is 5.62. The van der Waals surface area contributed by atoms with Crippen molar-refractivity contribution < 1.29 is 4.79 Å². The standard InChI is InChI=1S/C26H28N6O.ClH/c1-2-27-26(33)30-22-8-6-7-20(15-22)23-18-29-25-16-19(11-14-32(23)25)21-9-10-24(28-17-21)31-12-4-3-5-13-31;/h6-11,14-18H,2-5,12-13H2,1H3,(H2,27,30,33);1H. The van der Waals surface area contributed by atoms with E-state index in [1.165, 1.54) is 19.3 Å². The molecule has 0 unspecified atom stereocenters. The van der Waals surface area contributed by atoms with Gasteiger partial charge in [-0.3, -0.25) is 4.40 Å². The third-order valence-electron chi connectivity index (χ3n) is 6.03. The van der Waals surface area contributed by atoms with Gasteiger partial charge in [0.15, 0.2) is 0 Å². The van der Waals surface area contributed by atoms with Crippen molar-refractivity contribution in [1.82, 2.24) is 19.7 Å². The fraction of sp³-hybridized carbons (Fsp3) is 0.269. The molecule has 0 bridgehead atoms. The first-order valence-electron chi connectivity index (χ1n) is 11.5. The second kappa shape index (κ2) is 10.6. The van der Waals surface area contributed by atoms with Crippen molar-refractivity contribution in [2.75, 3.05) is 29.9 Å². The van der Waals surface area contributed by atoms with Gasteiger partial charge in [-0.25, -0.2) is 14.8 Å². The van der Waals surface area contributed by atoms with Gasteiger partial charge in [0.2, 0.25) is 0 Å². The van der Waals surface area contributed by atoms with Crippen molar-refractivity contribution in [2.45, 2.75) is 26.2 Å². The molecule has 1 saturated heterocycles. The predicted molar refractivity (Wildman–Crippen MR) is 140 cm³/mol. The van der Waals surface area contributed by atoms with Gasteiger partial charge >= 0.3 is 6.03 Å². The molecule has 0 atom stereocenters. The zero-order valence-electron chi connectivity index (χ0n) is 19.2.